The molecule has 0 atom stereocenters. The molecule has 3 N–H and O–H groups in total. The molecule has 2 amide bonds. The van der Waals surface area contributed by atoms with Crippen molar-refractivity contribution in [1.82, 2.24) is 10.2 Å². The number of benzene rings is 1. The minimum atomic E-state index is -5.10. The lowest BCUT2D eigenvalue weighted by Crippen LogP contribution is -2.30. The Kier molecular flexibility index (Phi) is 4.11. The van der Waals surface area contributed by atoms with Crippen LogP contribution in [0.4, 0.5) is 28.9 Å². The number of aromatic nitrogens is 2. The summed E-state index contributed by atoms with van der Waals surface area (Å²) in [6.45, 7) is 0. The third kappa shape index (κ3) is 3.59. The lowest BCUT2D eigenvalue weighted by atomic mass is 10.3. The van der Waals surface area contributed by atoms with Crippen molar-refractivity contribution in [1.29, 1.82) is 0 Å². The van der Waals surface area contributed by atoms with Crippen molar-refractivity contribution in [3.05, 3.63) is 42.0 Å². The first-order chi connectivity index (χ1) is 10.3. The van der Waals surface area contributed by atoms with Gasteiger partial charge in [-0.2, -0.15) is 18.3 Å². The van der Waals surface area contributed by atoms with E-state index in [-0.39, 0.29) is 11.4 Å². The first kappa shape index (κ1) is 15.5. The van der Waals surface area contributed by atoms with E-state index in [1.165, 1.54) is 17.4 Å². The van der Waals surface area contributed by atoms with Gasteiger partial charge in [0.25, 0.3) is 5.91 Å². The number of amides is 2. The first-order valence-corrected chi connectivity index (χ1v) is 5.76. The van der Waals surface area contributed by atoms with Gasteiger partial charge in [-0.15, -0.1) is 0 Å². The van der Waals surface area contributed by atoms with E-state index in [2.05, 4.69) is 15.5 Å². The van der Waals surface area contributed by atoms with Crippen molar-refractivity contribution in [2.45, 2.75) is 6.18 Å². The Morgan fingerprint density at radius 3 is 2.32 bits per heavy atom. The SMILES string of the molecule is O=C(Nc1ccc(F)cc1)c1[nH]ncc1NC(=O)C(F)(F)F. The molecule has 1 aromatic carbocycles. The summed E-state index contributed by atoms with van der Waals surface area (Å²) in [4.78, 5) is 22.8. The molecule has 10 heteroatoms. The van der Waals surface area contributed by atoms with Crippen LogP contribution in [0.1, 0.15) is 10.5 Å². The van der Waals surface area contributed by atoms with E-state index < -0.39 is 29.5 Å². The second-order valence-electron chi connectivity index (χ2n) is 4.07. The minimum absolute atomic E-state index is 0.217. The summed E-state index contributed by atoms with van der Waals surface area (Å²) in [5.74, 6) is -3.59. The molecular weight excluding hydrogens is 308 g/mol. The largest absolute Gasteiger partial charge is 0.471 e. The van der Waals surface area contributed by atoms with Crippen LogP contribution in [0.2, 0.25) is 0 Å². The number of carbonyl (C=O) groups excluding carboxylic acids is 2. The Hall–Kier alpha value is -2.91. The van der Waals surface area contributed by atoms with Gasteiger partial charge in [-0.05, 0) is 24.3 Å². The minimum Gasteiger partial charge on any atom is -0.321 e. The van der Waals surface area contributed by atoms with Crippen molar-refractivity contribution < 1.29 is 27.2 Å². The van der Waals surface area contributed by atoms with Gasteiger partial charge in [0.15, 0.2) is 0 Å². The van der Waals surface area contributed by atoms with E-state index >= 15 is 0 Å². The molecule has 0 radical (unpaired) electrons. The molecule has 22 heavy (non-hydrogen) atoms. The van der Waals surface area contributed by atoms with Gasteiger partial charge < -0.3 is 10.6 Å². The number of alkyl halides is 3. The highest BCUT2D eigenvalue weighted by atomic mass is 19.4. The van der Waals surface area contributed by atoms with Crippen LogP contribution in [-0.4, -0.2) is 28.2 Å². The lowest BCUT2D eigenvalue weighted by Gasteiger charge is -2.08. The number of hydrogen-bond acceptors (Lipinski definition) is 3. The maximum atomic E-state index is 12.7. The molecule has 1 heterocycles. The molecule has 0 saturated heterocycles. The predicted octanol–water partition coefficient (Wildman–Crippen LogP) is 2.30. The van der Waals surface area contributed by atoms with E-state index in [9.17, 15) is 27.2 Å². The molecule has 0 spiro atoms. The van der Waals surface area contributed by atoms with Gasteiger partial charge in [0, 0.05) is 5.69 Å². The molecule has 116 valence electrons. The van der Waals surface area contributed by atoms with Gasteiger partial charge in [-0.1, -0.05) is 0 Å². The number of nitrogens with one attached hydrogen (secondary N) is 3. The monoisotopic (exact) mass is 316 g/mol. The second kappa shape index (κ2) is 5.84. The fraction of sp³-hybridized carbons (Fsp3) is 0.0833. The molecule has 2 aromatic rings. The van der Waals surface area contributed by atoms with Crippen LogP contribution in [0.25, 0.3) is 0 Å². The normalized spacial score (nSPS) is 11.1. The highest BCUT2D eigenvalue weighted by Gasteiger charge is 2.39. The number of hydrogen-bond donors (Lipinski definition) is 3. The fourth-order valence-corrected chi connectivity index (χ4v) is 1.47. The number of H-pyrrole nitrogens is 1. The van der Waals surface area contributed by atoms with Crippen molar-refractivity contribution in [3.8, 4) is 0 Å². The van der Waals surface area contributed by atoms with Crippen molar-refractivity contribution >= 4 is 23.2 Å². The average Bonchev–Trinajstić information content (AvgIpc) is 2.88. The van der Waals surface area contributed by atoms with Crippen LogP contribution in [0, 0.1) is 5.82 Å². The van der Waals surface area contributed by atoms with Gasteiger partial charge in [0.2, 0.25) is 0 Å². The van der Waals surface area contributed by atoms with Gasteiger partial charge in [0.05, 0.1) is 11.9 Å². The van der Waals surface area contributed by atoms with Crippen molar-refractivity contribution in [3.63, 3.8) is 0 Å². The van der Waals surface area contributed by atoms with Crippen molar-refractivity contribution in [2.24, 2.45) is 0 Å². The summed E-state index contributed by atoms with van der Waals surface area (Å²) in [5, 5.41) is 9.42. The Morgan fingerprint density at radius 2 is 1.73 bits per heavy atom. The van der Waals surface area contributed by atoms with Crippen molar-refractivity contribution in [2.75, 3.05) is 10.6 Å². The fourth-order valence-electron chi connectivity index (χ4n) is 1.47. The Labute approximate surface area is 120 Å². The van der Waals surface area contributed by atoms with E-state index in [0.717, 1.165) is 18.3 Å². The molecule has 1 aromatic heterocycles. The summed E-state index contributed by atoms with van der Waals surface area (Å²) in [5.41, 5.74) is -0.585. The second-order valence-corrected chi connectivity index (χ2v) is 4.07. The molecule has 0 aliphatic rings. The molecular formula is C12H8F4N4O2. The zero-order chi connectivity index (χ0) is 16.3. The number of halogens is 4. The third-order valence-electron chi connectivity index (χ3n) is 2.47. The summed E-state index contributed by atoms with van der Waals surface area (Å²) in [6.07, 6.45) is -4.23. The van der Waals surface area contributed by atoms with Gasteiger partial charge in [-0.25, -0.2) is 4.39 Å². The van der Waals surface area contributed by atoms with Crippen LogP contribution in [0.15, 0.2) is 30.5 Å². The standard InChI is InChI=1S/C12H8F4N4O2/c13-6-1-3-7(4-2-6)18-10(21)9-8(5-17-20-9)19-11(22)12(14,15)16/h1-5H,(H,17,20)(H,18,21)(H,19,22). The van der Waals surface area contributed by atoms with Gasteiger partial charge >= 0.3 is 12.1 Å². The molecule has 2 rings (SSSR count). The zero-order valence-electron chi connectivity index (χ0n) is 10.7. The van der Waals surface area contributed by atoms with Crippen LogP contribution in [0.3, 0.4) is 0 Å². The predicted molar refractivity (Wildman–Crippen MR) is 67.6 cm³/mol. The Morgan fingerprint density at radius 1 is 1.09 bits per heavy atom. The highest BCUT2D eigenvalue weighted by Crippen LogP contribution is 2.20. The summed E-state index contributed by atoms with van der Waals surface area (Å²) >= 11 is 0. The number of anilines is 2. The Balaban J connectivity index is 2.13. The molecule has 0 aliphatic heterocycles. The van der Waals surface area contributed by atoms with Crippen LogP contribution >= 0.6 is 0 Å². The van der Waals surface area contributed by atoms with Gasteiger partial charge in [-0.3, -0.25) is 14.7 Å². The third-order valence-corrected chi connectivity index (χ3v) is 2.47. The smallest absolute Gasteiger partial charge is 0.321 e. The maximum absolute atomic E-state index is 12.7. The average molecular weight is 316 g/mol. The summed E-state index contributed by atoms with van der Waals surface area (Å²) in [6, 6.07) is 4.71. The van der Waals surface area contributed by atoms with Gasteiger partial charge in [0.1, 0.15) is 11.5 Å². The number of aromatic amines is 1. The van der Waals surface area contributed by atoms with Crippen LogP contribution in [-0.2, 0) is 4.79 Å². The molecule has 0 unspecified atom stereocenters. The summed E-state index contributed by atoms with van der Waals surface area (Å²) < 4.78 is 49.3. The zero-order valence-corrected chi connectivity index (χ0v) is 10.7. The number of rotatable bonds is 3. The van der Waals surface area contributed by atoms with Crippen LogP contribution < -0.4 is 10.6 Å². The molecule has 0 fully saturated rings. The topological polar surface area (TPSA) is 86.9 Å². The summed E-state index contributed by atoms with van der Waals surface area (Å²) in [7, 11) is 0. The number of nitrogens with zero attached hydrogens (tertiary/aromatic N) is 1. The maximum Gasteiger partial charge on any atom is 0.471 e. The quantitative estimate of drug-likeness (QED) is 0.759. The molecule has 0 bridgehead atoms. The number of carbonyl (C=O) groups is 2. The first-order valence-electron chi connectivity index (χ1n) is 5.76. The highest BCUT2D eigenvalue weighted by molar-refractivity contribution is 6.09. The van der Waals surface area contributed by atoms with E-state index in [4.69, 9.17) is 0 Å². The Bertz CT molecular complexity index is 694. The molecule has 0 saturated carbocycles. The lowest BCUT2D eigenvalue weighted by molar-refractivity contribution is -0.167. The van der Waals surface area contributed by atoms with E-state index in [1.807, 2.05) is 0 Å². The molecule has 6 nitrogen and oxygen atoms in total. The van der Waals surface area contributed by atoms with Crippen LogP contribution in [0.5, 0.6) is 0 Å². The molecule has 0 aliphatic carbocycles. The van der Waals surface area contributed by atoms with E-state index in [1.54, 1.807) is 0 Å². The van der Waals surface area contributed by atoms with E-state index in [0.29, 0.717) is 0 Å².